The molecule has 0 fully saturated rings. The number of hydrogen-bond donors (Lipinski definition) is 1. The zero-order chi connectivity index (χ0) is 16.7. The van der Waals surface area contributed by atoms with Crippen molar-refractivity contribution in [3.63, 3.8) is 0 Å². The van der Waals surface area contributed by atoms with Gasteiger partial charge >= 0.3 is 0 Å². The number of aryl methyl sites for hydroxylation is 2. The van der Waals surface area contributed by atoms with E-state index >= 15 is 0 Å². The monoisotopic (exact) mass is 318 g/mol. The van der Waals surface area contributed by atoms with E-state index in [1.54, 1.807) is 0 Å². The number of amides is 1. The Morgan fingerprint density at radius 2 is 1.92 bits per heavy atom. The number of nitrogens with one attached hydrogen (secondary N) is 1. The van der Waals surface area contributed by atoms with E-state index in [9.17, 15) is 4.79 Å². The fraction of sp³-hybridized carbons (Fsp3) is 0.286. The van der Waals surface area contributed by atoms with E-state index in [1.165, 1.54) is 11.1 Å². The van der Waals surface area contributed by atoms with Gasteiger partial charge in [-0.1, -0.05) is 42.5 Å². The van der Waals surface area contributed by atoms with Gasteiger partial charge in [0.2, 0.25) is 5.91 Å². The van der Waals surface area contributed by atoms with Crippen molar-refractivity contribution in [3.8, 4) is 0 Å². The van der Waals surface area contributed by atoms with Gasteiger partial charge in [-0.3, -0.25) is 4.79 Å². The van der Waals surface area contributed by atoms with Crippen molar-refractivity contribution in [2.75, 3.05) is 7.05 Å². The Kier molecular flexibility index (Phi) is 3.64. The quantitative estimate of drug-likeness (QED) is 0.773. The van der Waals surface area contributed by atoms with Crippen LogP contribution in [0.15, 0.2) is 48.5 Å². The molecule has 24 heavy (non-hydrogen) atoms. The van der Waals surface area contributed by atoms with Crippen LogP contribution in [0.5, 0.6) is 0 Å². The largest absolute Gasteiger partial charge is 0.358 e. The number of fused-ring (bicyclic) bond motifs is 2. The summed E-state index contributed by atoms with van der Waals surface area (Å²) < 4.78 is 0. The number of aromatic nitrogens is 1. The molecule has 0 bridgehead atoms. The Bertz CT molecular complexity index is 909. The number of aromatic amines is 1. The lowest BCUT2D eigenvalue weighted by Crippen LogP contribution is -2.31. The van der Waals surface area contributed by atoms with E-state index in [2.05, 4.69) is 41.4 Å². The number of carbonyl (C=O) groups is 1. The molecule has 1 aliphatic rings. The first kappa shape index (κ1) is 15.0. The summed E-state index contributed by atoms with van der Waals surface area (Å²) in [5.41, 5.74) is 6.00. The normalized spacial score (nSPS) is 16.3. The van der Waals surface area contributed by atoms with Crippen LogP contribution in [0.4, 0.5) is 0 Å². The highest BCUT2D eigenvalue weighted by atomic mass is 16.2. The van der Waals surface area contributed by atoms with Crippen molar-refractivity contribution in [1.29, 1.82) is 0 Å². The van der Waals surface area contributed by atoms with Crippen LogP contribution < -0.4 is 0 Å². The van der Waals surface area contributed by atoms with Crippen molar-refractivity contribution in [2.45, 2.75) is 32.2 Å². The zero-order valence-corrected chi connectivity index (χ0v) is 14.2. The summed E-state index contributed by atoms with van der Waals surface area (Å²) in [6.07, 6.45) is 2.53. The van der Waals surface area contributed by atoms with Gasteiger partial charge in [0, 0.05) is 23.6 Å². The Hall–Kier alpha value is -2.55. The predicted molar refractivity (Wildman–Crippen MR) is 97.0 cm³/mol. The summed E-state index contributed by atoms with van der Waals surface area (Å²) in [6, 6.07) is 16.9. The molecular formula is C21H22N2O. The third kappa shape index (κ3) is 2.41. The van der Waals surface area contributed by atoms with Crippen molar-refractivity contribution in [3.05, 3.63) is 70.9 Å². The minimum absolute atomic E-state index is 0.185. The summed E-state index contributed by atoms with van der Waals surface area (Å²) in [5.74, 6) is 0.185. The second-order valence-electron chi connectivity index (χ2n) is 6.71. The average molecular weight is 318 g/mol. The molecule has 1 N–H and O–H groups in total. The van der Waals surface area contributed by atoms with Crippen LogP contribution in [0.1, 0.15) is 34.8 Å². The molecule has 4 rings (SSSR count). The van der Waals surface area contributed by atoms with Crippen LogP contribution in [0.3, 0.4) is 0 Å². The summed E-state index contributed by atoms with van der Waals surface area (Å²) in [4.78, 5) is 18.2. The maximum Gasteiger partial charge on any atom is 0.227 e. The molecular weight excluding hydrogens is 296 g/mol. The maximum atomic E-state index is 12.9. The molecule has 0 saturated carbocycles. The third-order valence-corrected chi connectivity index (χ3v) is 5.32. The lowest BCUT2D eigenvalue weighted by atomic mass is 10.0. The second kappa shape index (κ2) is 5.82. The highest BCUT2D eigenvalue weighted by molar-refractivity contribution is 5.90. The van der Waals surface area contributed by atoms with E-state index in [0.29, 0.717) is 6.42 Å². The van der Waals surface area contributed by atoms with Crippen LogP contribution in [0, 0.1) is 6.92 Å². The van der Waals surface area contributed by atoms with E-state index in [-0.39, 0.29) is 11.9 Å². The number of nitrogens with zero attached hydrogens (tertiary/aromatic N) is 1. The number of likely N-dealkylation sites (N-methyl/N-ethyl adjacent to an activating group) is 1. The molecule has 1 aromatic heterocycles. The van der Waals surface area contributed by atoms with Gasteiger partial charge in [-0.15, -0.1) is 0 Å². The van der Waals surface area contributed by atoms with Gasteiger partial charge in [0.1, 0.15) is 0 Å². The minimum atomic E-state index is 0.185. The van der Waals surface area contributed by atoms with Crippen LogP contribution in [-0.2, 0) is 17.6 Å². The number of hydrogen-bond acceptors (Lipinski definition) is 1. The SMILES string of the molecule is Cc1[nH]c2ccccc2c1CC(=O)N(C)C1CCc2ccccc21. The fourth-order valence-electron chi connectivity index (χ4n) is 3.95. The molecule has 1 unspecified atom stereocenters. The van der Waals surface area contributed by atoms with Crippen molar-refractivity contribution in [2.24, 2.45) is 0 Å². The Morgan fingerprint density at radius 3 is 2.79 bits per heavy atom. The molecule has 2 aromatic carbocycles. The van der Waals surface area contributed by atoms with E-state index in [4.69, 9.17) is 0 Å². The van der Waals surface area contributed by atoms with Gasteiger partial charge in [-0.05, 0) is 42.5 Å². The molecule has 3 aromatic rings. The third-order valence-electron chi connectivity index (χ3n) is 5.32. The Labute approximate surface area is 142 Å². The Balaban J connectivity index is 1.59. The standard InChI is InChI=1S/C21H22N2O/c1-14-18(17-9-5-6-10-19(17)22-14)13-21(24)23(2)20-12-11-15-7-3-4-8-16(15)20/h3-10,20,22H,11-13H2,1-2H3. The minimum Gasteiger partial charge on any atom is -0.358 e. The summed E-state index contributed by atoms with van der Waals surface area (Å²) in [5, 5.41) is 1.16. The van der Waals surface area contributed by atoms with Crippen molar-refractivity contribution >= 4 is 16.8 Å². The smallest absolute Gasteiger partial charge is 0.227 e. The molecule has 3 heteroatoms. The molecule has 1 aliphatic carbocycles. The van der Waals surface area contributed by atoms with E-state index in [1.807, 2.05) is 31.0 Å². The number of carbonyl (C=O) groups excluding carboxylic acids is 1. The summed E-state index contributed by atoms with van der Waals surface area (Å²) in [6.45, 7) is 2.05. The van der Waals surface area contributed by atoms with Gasteiger partial charge < -0.3 is 9.88 Å². The molecule has 3 nitrogen and oxygen atoms in total. The number of rotatable bonds is 3. The number of benzene rings is 2. The zero-order valence-electron chi connectivity index (χ0n) is 14.2. The van der Waals surface area contributed by atoms with Gasteiger partial charge in [-0.25, -0.2) is 0 Å². The Morgan fingerprint density at radius 1 is 1.17 bits per heavy atom. The molecule has 0 saturated heterocycles. The number of H-pyrrole nitrogens is 1. The first-order valence-electron chi connectivity index (χ1n) is 8.55. The summed E-state index contributed by atoms with van der Waals surface area (Å²) in [7, 11) is 1.94. The number of para-hydroxylation sites is 1. The molecule has 0 radical (unpaired) electrons. The van der Waals surface area contributed by atoms with Gasteiger partial charge in [-0.2, -0.15) is 0 Å². The van der Waals surface area contributed by atoms with Crippen LogP contribution in [0.25, 0.3) is 10.9 Å². The average Bonchev–Trinajstić information content (AvgIpc) is 3.16. The highest BCUT2D eigenvalue weighted by Gasteiger charge is 2.28. The van der Waals surface area contributed by atoms with Gasteiger partial charge in [0.15, 0.2) is 0 Å². The second-order valence-corrected chi connectivity index (χ2v) is 6.71. The van der Waals surface area contributed by atoms with Crippen LogP contribution >= 0.6 is 0 Å². The van der Waals surface area contributed by atoms with E-state index in [0.717, 1.165) is 35.0 Å². The van der Waals surface area contributed by atoms with Crippen LogP contribution in [-0.4, -0.2) is 22.8 Å². The maximum absolute atomic E-state index is 12.9. The molecule has 1 heterocycles. The van der Waals surface area contributed by atoms with E-state index < -0.39 is 0 Å². The first-order chi connectivity index (χ1) is 11.6. The van der Waals surface area contributed by atoms with Crippen molar-refractivity contribution in [1.82, 2.24) is 9.88 Å². The first-order valence-corrected chi connectivity index (χ1v) is 8.55. The molecule has 122 valence electrons. The van der Waals surface area contributed by atoms with Gasteiger partial charge in [0.25, 0.3) is 0 Å². The van der Waals surface area contributed by atoms with Gasteiger partial charge in [0.05, 0.1) is 12.5 Å². The molecule has 0 aliphatic heterocycles. The molecule has 0 spiro atoms. The van der Waals surface area contributed by atoms with Crippen LogP contribution in [0.2, 0.25) is 0 Å². The lowest BCUT2D eigenvalue weighted by Gasteiger charge is -2.25. The highest BCUT2D eigenvalue weighted by Crippen LogP contribution is 2.35. The molecule has 1 amide bonds. The summed E-state index contributed by atoms with van der Waals surface area (Å²) >= 11 is 0. The van der Waals surface area contributed by atoms with Crippen molar-refractivity contribution < 1.29 is 4.79 Å². The lowest BCUT2D eigenvalue weighted by molar-refractivity contribution is -0.131. The molecule has 1 atom stereocenters. The topological polar surface area (TPSA) is 36.1 Å². The predicted octanol–water partition coefficient (Wildman–Crippen LogP) is 4.16. The fourth-order valence-corrected chi connectivity index (χ4v) is 3.95.